The molecule has 0 atom stereocenters. The first-order chi connectivity index (χ1) is 6.38. The van der Waals surface area contributed by atoms with E-state index in [0.29, 0.717) is 6.54 Å². The quantitative estimate of drug-likeness (QED) is 0.683. The topological polar surface area (TPSA) is 74.7 Å². The molecule has 6 heteroatoms. The molecule has 84 valence electrons. The Labute approximate surface area is 84.8 Å². The van der Waals surface area contributed by atoms with Gasteiger partial charge in [0.1, 0.15) is 0 Å². The van der Waals surface area contributed by atoms with Crippen LogP contribution in [0.15, 0.2) is 0 Å². The Balaban J connectivity index is 4.19. The third-order valence-corrected chi connectivity index (χ3v) is 3.11. The summed E-state index contributed by atoms with van der Waals surface area (Å²) in [5.41, 5.74) is 0. The monoisotopic (exact) mass is 223 g/mol. The standard InChI is InChI=1S/C8H17NO4S/c1-3-4-6-9(14(2,12)13)7-5-8(10)11/h3-7H2,1-2H3,(H,10,11). The van der Waals surface area contributed by atoms with Crippen LogP contribution in [0, 0.1) is 0 Å². The Hall–Kier alpha value is -0.620. The lowest BCUT2D eigenvalue weighted by molar-refractivity contribution is -0.137. The van der Waals surface area contributed by atoms with Crippen molar-refractivity contribution in [3.63, 3.8) is 0 Å². The molecule has 1 N–H and O–H groups in total. The van der Waals surface area contributed by atoms with Crippen LogP contribution in [0.25, 0.3) is 0 Å². The molecule has 0 saturated carbocycles. The maximum absolute atomic E-state index is 11.2. The van der Waals surface area contributed by atoms with Gasteiger partial charge in [0.2, 0.25) is 10.0 Å². The van der Waals surface area contributed by atoms with Crippen LogP contribution in [0.4, 0.5) is 0 Å². The maximum Gasteiger partial charge on any atom is 0.304 e. The van der Waals surface area contributed by atoms with Crippen molar-refractivity contribution < 1.29 is 18.3 Å². The molecule has 0 aliphatic rings. The van der Waals surface area contributed by atoms with E-state index in [1.54, 1.807) is 0 Å². The Morgan fingerprint density at radius 3 is 2.29 bits per heavy atom. The number of rotatable bonds is 7. The first-order valence-electron chi connectivity index (χ1n) is 4.55. The molecule has 0 aromatic carbocycles. The highest BCUT2D eigenvalue weighted by molar-refractivity contribution is 7.88. The molecule has 0 bridgehead atoms. The van der Waals surface area contributed by atoms with Gasteiger partial charge in [-0.25, -0.2) is 12.7 Å². The number of aliphatic carboxylic acids is 1. The fourth-order valence-electron chi connectivity index (χ4n) is 0.998. The van der Waals surface area contributed by atoms with Gasteiger partial charge in [0, 0.05) is 13.1 Å². The first kappa shape index (κ1) is 13.4. The molecule has 0 aliphatic carbocycles. The molecule has 5 nitrogen and oxygen atoms in total. The summed E-state index contributed by atoms with van der Waals surface area (Å²) in [6.07, 6.45) is 2.60. The summed E-state index contributed by atoms with van der Waals surface area (Å²) in [7, 11) is -3.26. The lowest BCUT2D eigenvalue weighted by Gasteiger charge is -2.18. The van der Waals surface area contributed by atoms with Gasteiger partial charge in [0.25, 0.3) is 0 Å². The molecule has 0 unspecified atom stereocenters. The van der Waals surface area contributed by atoms with Gasteiger partial charge in [-0.3, -0.25) is 4.79 Å². The summed E-state index contributed by atoms with van der Waals surface area (Å²) in [4.78, 5) is 10.3. The molecule has 0 saturated heterocycles. The molecular weight excluding hydrogens is 206 g/mol. The molecule has 0 radical (unpaired) electrons. The minimum Gasteiger partial charge on any atom is -0.481 e. The van der Waals surface area contributed by atoms with Crippen molar-refractivity contribution in [2.45, 2.75) is 26.2 Å². The van der Waals surface area contributed by atoms with Crippen molar-refractivity contribution in [3.8, 4) is 0 Å². The number of carboxylic acid groups (broad SMARTS) is 1. The van der Waals surface area contributed by atoms with Gasteiger partial charge in [-0.05, 0) is 6.42 Å². The Morgan fingerprint density at radius 1 is 1.36 bits per heavy atom. The molecular formula is C8H17NO4S. The number of carboxylic acids is 1. The van der Waals surface area contributed by atoms with E-state index in [0.717, 1.165) is 19.1 Å². The van der Waals surface area contributed by atoms with Crippen LogP contribution >= 0.6 is 0 Å². The second kappa shape index (κ2) is 5.98. The van der Waals surface area contributed by atoms with Crippen molar-refractivity contribution in [1.82, 2.24) is 4.31 Å². The van der Waals surface area contributed by atoms with Gasteiger partial charge in [0.05, 0.1) is 12.7 Å². The van der Waals surface area contributed by atoms with Crippen LogP contribution in [-0.2, 0) is 14.8 Å². The summed E-state index contributed by atoms with van der Waals surface area (Å²) in [6, 6.07) is 0. The van der Waals surface area contributed by atoms with Crippen LogP contribution in [0.2, 0.25) is 0 Å². The molecule has 0 heterocycles. The summed E-state index contributed by atoms with van der Waals surface area (Å²) in [5, 5.41) is 8.43. The van der Waals surface area contributed by atoms with Gasteiger partial charge in [-0.1, -0.05) is 13.3 Å². The van der Waals surface area contributed by atoms with E-state index in [2.05, 4.69) is 0 Å². The predicted octanol–water partition coefficient (Wildman–Crippen LogP) is 0.523. The summed E-state index contributed by atoms with van der Waals surface area (Å²) < 4.78 is 23.6. The van der Waals surface area contributed by atoms with Crippen LogP contribution in [-0.4, -0.2) is 43.1 Å². The fourth-order valence-corrected chi connectivity index (χ4v) is 1.88. The zero-order valence-corrected chi connectivity index (χ0v) is 9.38. The lowest BCUT2D eigenvalue weighted by atomic mass is 10.3. The minimum atomic E-state index is -3.26. The molecule has 0 amide bonds. The zero-order valence-electron chi connectivity index (χ0n) is 8.56. The predicted molar refractivity (Wildman–Crippen MR) is 53.6 cm³/mol. The molecule has 0 rings (SSSR count). The summed E-state index contributed by atoms with van der Waals surface area (Å²) >= 11 is 0. The average Bonchev–Trinajstić information content (AvgIpc) is 2.01. The highest BCUT2D eigenvalue weighted by atomic mass is 32.2. The normalized spacial score (nSPS) is 11.9. The number of carbonyl (C=O) groups is 1. The second-order valence-corrected chi connectivity index (χ2v) is 5.14. The maximum atomic E-state index is 11.2. The smallest absolute Gasteiger partial charge is 0.304 e. The van der Waals surface area contributed by atoms with Crippen LogP contribution in [0.1, 0.15) is 26.2 Å². The Kier molecular flexibility index (Phi) is 5.71. The van der Waals surface area contributed by atoms with E-state index >= 15 is 0 Å². The van der Waals surface area contributed by atoms with E-state index in [4.69, 9.17) is 5.11 Å². The molecule has 0 fully saturated rings. The Bertz CT molecular complexity index is 273. The SMILES string of the molecule is CCCCN(CCC(=O)O)S(C)(=O)=O. The van der Waals surface area contributed by atoms with Crippen molar-refractivity contribution in [2.75, 3.05) is 19.3 Å². The van der Waals surface area contributed by atoms with Crippen LogP contribution in [0.3, 0.4) is 0 Å². The minimum absolute atomic E-state index is 0.0637. The highest BCUT2D eigenvalue weighted by Crippen LogP contribution is 2.02. The highest BCUT2D eigenvalue weighted by Gasteiger charge is 2.16. The number of hydrogen-bond donors (Lipinski definition) is 1. The van der Waals surface area contributed by atoms with Gasteiger partial charge in [0.15, 0.2) is 0 Å². The summed E-state index contributed by atoms with van der Waals surface area (Å²) in [5.74, 6) is -0.977. The largest absolute Gasteiger partial charge is 0.481 e. The van der Waals surface area contributed by atoms with Gasteiger partial charge in [-0.2, -0.15) is 0 Å². The lowest BCUT2D eigenvalue weighted by Crippen LogP contribution is -2.32. The number of nitrogens with zero attached hydrogens (tertiary/aromatic N) is 1. The average molecular weight is 223 g/mol. The van der Waals surface area contributed by atoms with E-state index in [9.17, 15) is 13.2 Å². The molecule has 0 spiro atoms. The molecule has 0 aromatic heterocycles. The van der Waals surface area contributed by atoms with Crippen LogP contribution in [0.5, 0.6) is 0 Å². The van der Waals surface area contributed by atoms with Crippen molar-refractivity contribution in [2.24, 2.45) is 0 Å². The van der Waals surface area contributed by atoms with E-state index in [-0.39, 0.29) is 13.0 Å². The van der Waals surface area contributed by atoms with Crippen molar-refractivity contribution >= 4 is 16.0 Å². The third kappa shape index (κ3) is 5.93. The second-order valence-electron chi connectivity index (χ2n) is 3.16. The number of hydrogen-bond acceptors (Lipinski definition) is 3. The van der Waals surface area contributed by atoms with Crippen LogP contribution < -0.4 is 0 Å². The van der Waals surface area contributed by atoms with Gasteiger partial charge in [-0.15, -0.1) is 0 Å². The van der Waals surface area contributed by atoms with Crippen molar-refractivity contribution in [1.29, 1.82) is 0 Å². The van der Waals surface area contributed by atoms with E-state index in [1.165, 1.54) is 4.31 Å². The number of sulfonamides is 1. The van der Waals surface area contributed by atoms with Gasteiger partial charge >= 0.3 is 5.97 Å². The summed E-state index contributed by atoms with van der Waals surface area (Å²) in [6.45, 7) is 2.43. The molecule has 0 aromatic rings. The fraction of sp³-hybridized carbons (Fsp3) is 0.875. The Morgan fingerprint density at radius 2 is 1.93 bits per heavy atom. The van der Waals surface area contributed by atoms with Gasteiger partial charge < -0.3 is 5.11 Å². The van der Waals surface area contributed by atoms with E-state index < -0.39 is 16.0 Å². The molecule has 14 heavy (non-hydrogen) atoms. The zero-order chi connectivity index (χ0) is 11.2. The molecule has 0 aliphatic heterocycles. The van der Waals surface area contributed by atoms with E-state index in [1.807, 2.05) is 6.92 Å². The first-order valence-corrected chi connectivity index (χ1v) is 6.39. The van der Waals surface area contributed by atoms with Crippen molar-refractivity contribution in [3.05, 3.63) is 0 Å². The number of unbranched alkanes of at least 4 members (excludes halogenated alkanes) is 1. The third-order valence-electron chi connectivity index (χ3n) is 1.81.